The summed E-state index contributed by atoms with van der Waals surface area (Å²) in [6.07, 6.45) is 2.26. The van der Waals surface area contributed by atoms with E-state index in [1.807, 2.05) is 0 Å². The zero-order valence-corrected chi connectivity index (χ0v) is 11.3. The Morgan fingerprint density at radius 3 is 2.44 bits per heavy atom. The minimum Gasteiger partial charge on any atom is -0.480 e. The van der Waals surface area contributed by atoms with Gasteiger partial charge in [-0.25, -0.2) is 9.59 Å². The zero-order chi connectivity index (χ0) is 13.7. The van der Waals surface area contributed by atoms with E-state index < -0.39 is 12.0 Å². The van der Waals surface area contributed by atoms with E-state index in [9.17, 15) is 9.59 Å². The first-order valence-electron chi connectivity index (χ1n) is 6.40. The molecule has 2 amide bonds. The number of carboxylic acids is 1. The van der Waals surface area contributed by atoms with E-state index in [-0.39, 0.29) is 12.1 Å². The highest BCUT2D eigenvalue weighted by Gasteiger charge is 2.26. The number of carbonyl (C=O) groups excluding carboxylic acids is 1. The van der Waals surface area contributed by atoms with Gasteiger partial charge in [-0.05, 0) is 39.4 Å². The van der Waals surface area contributed by atoms with Gasteiger partial charge >= 0.3 is 12.0 Å². The Labute approximate surface area is 108 Å². The number of urea groups is 1. The average Bonchev–Trinajstić information content (AvgIpc) is 2.35. The highest BCUT2D eigenvalue weighted by molar-refractivity contribution is 5.82. The molecule has 0 saturated carbocycles. The molecule has 0 aliphatic carbocycles. The van der Waals surface area contributed by atoms with E-state index in [2.05, 4.69) is 17.3 Å². The molecule has 1 aliphatic heterocycles. The monoisotopic (exact) mass is 257 g/mol. The zero-order valence-electron chi connectivity index (χ0n) is 11.3. The number of nitrogens with zero attached hydrogens (tertiary/aromatic N) is 2. The number of carboxylic acid groups (broad SMARTS) is 1. The lowest BCUT2D eigenvalue weighted by molar-refractivity contribution is -0.139. The van der Waals surface area contributed by atoms with Crippen LogP contribution in [0.3, 0.4) is 0 Å². The Hall–Kier alpha value is -1.30. The van der Waals surface area contributed by atoms with Gasteiger partial charge in [0, 0.05) is 13.1 Å². The van der Waals surface area contributed by atoms with E-state index >= 15 is 0 Å². The minimum absolute atomic E-state index is 0.201. The number of nitrogens with one attached hydrogen (secondary N) is 1. The number of amides is 2. The molecule has 1 heterocycles. The van der Waals surface area contributed by atoms with Crippen LogP contribution < -0.4 is 5.32 Å². The summed E-state index contributed by atoms with van der Waals surface area (Å²) in [5.41, 5.74) is 0. The lowest BCUT2D eigenvalue weighted by Crippen LogP contribution is -2.51. The maximum absolute atomic E-state index is 11.9. The Balaban J connectivity index is 2.48. The number of rotatable bonds is 4. The summed E-state index contributed by atoms with van der Waals surface area (Å²) < 4.78 is 0. The molecule has 0 aromatic carbocycles. The Morgan fingerprint density at radius 2 is 2.00 bits per heavy atom. The first-order valence-corrected chi connectivity index (χ1v) is 6.40. The number of carbonyl (C=O) groups is 2. The van der Waals surface area contributed by atoms with Crippen LogP contribution in [0.4, 0.5) is 4.79 Å². The van der Waals surface area contributed by atoms with Gasteiger partial charge in [-0.3, -0.25) is 0 Å². The molecule has 1 rings (SSSR count). The molecule has 18 heavy (non-hydrogen) atoms. The second kappa shape index (κ2) is 6.58. The standard InChI is InChI=1S/C12H23N3O3/c1-4-10(11(16)17)13-12(18)15(3)9-5-7-14(2)8-6-9/h9-10H,4-8H2,1-3H3,(H,13,18)(H,16,17). The third-order valence-corrected chi connectivity index (χ3v) is 3.56. The van der Waals surface area contributed by atoms with Crippen LogP contribution in [0.2, 0.25) is 0 Å². The van der Waals surface area contributed by atoms with Crippen molar-refractivity contribution in [1.82, 2.24) is 15.1 Å². The lowest BCUT2D eigenvalue weighted by Gasteiger charge is -2.35. The molecular weight excluding hydrogens is 234 g/mol. The third kappa shape index (κ3) is 3.87. The number of likely N-dealkylation sites (tertiary alicyclic amines) is 1. The molecule has 1 unspecified atom stereocenters. The summed E-state index contributed by atoms with van der Waals surface area (Å²) in [4.78, 5) is 26.7. The van der Waals surface area contributed by atoms with E-state index in [1.54, 1.807) is 18.9 Å². The Morgan fingerprint density at radius 1 is 1.44 bits per heavy atom. The molecule has 104 valence electrons. The van der Waals surface area contributed by atoms with E-state index in [0.717, 1.165) is 25.9 Å². The molecule has 0 spiro atoms. The normalized spacial score (nSPS) is 19.3. The average molecular weight is 257 g/mol. The van der Waals surface area contributed by atoms with E-state index in [0.29, 0.717) is 6.42 Å². The second-order valence-corrected chi connectivity index (χ2v) is 4.89. The highest BCUT2D eigenvalue weighted by Crippen LogP contribution is 2.14. The van der Waals surface area contributed by atoms with Gasteiger partial charge in [0.15, 0.2) is 0 Å². The molecule has 6 nitrogen and oxygen atoms in total. The van der Waals surface area contributed by atoms with Crippen molar-refractivity contribution in [3.8, 4) is 0 Å². The van der Waals surface area contributed by atoms with Gasteiger partial charge in [0.05, 0.1) is 0 Å². The van der Waals surface area contributed by atoms with Crippen LogP contribution in [-0.4, -0.2) is 66.2 Å². The number of hydrogen-bond donors (Lipinski definition) is 2. The van der Waals surface area contributed by atoms with E-state index in [1.165, 1.54) is 0 Å². The van der Waals surface area contributed by atoms with Gasteiger partial charge in [-0.1, -0.05) is 6.92 Å². The third-order valence-electron chi connectivity index (χ3n) is 3.56. The smallest absolute Gasteiger partial charge is 0.326 e. The SMILES string of the molecule is CCC(NC(=O)N(C)C1CCN(C)CC1)C(=O)O. The molecule has 2 N–H and O–H groups in total. The molecular formula is C12H23N3O3. The number of aliphatic carboxylic acids is 1. The van der Waals surface area contributed by atoms with Crippen molar-refractivity contribution >= 4 is 12.0 Å². The summed E-state index contributed by atoms with van der Waals surface area (Å²) in [5, 5.41) is 11.5. The number of piperidine rings is 1. The summed E-state index contributed by atoms with van der Waals surface area (Å²) in [5.74, 6) is -0.984. The van der Waals surface area contributed by atoms with Gasteiger partial charge in [-0.15, -0.1) is 0 Å². The fourth-order valence-corrected chi connectivity index (χ4v) is 2.14. The molecule has 6 heteroatoms. The van der Waals surface area contributed by atoms with Crippen LogP contribution in [0, 0.1) is 0 Å². The van der Waals surface area contributed by atoms with Crippen LogP contribution in [0.1, 0.15) is 26.2 Å². The van der Waals surface area contributed by atoms with Crippen LogP contribution in [-0.2, 0) is 4.79 Å². The molecule has 1 fully saturated rings. The topological polar surface area (TPSA) is 72.9 Å². The summed E-state index contributed by atoms with van der Waals surface area (Å²) in [7, 11) is 3.80. The summed E-state index contributed by atoms with van der Waals surface area (Å²) in [6.45, 7) is 3.69. The van der Waals surface area contributed by atoms with Crippen molar-refractivity contribution in [2.75, 3.05) is 27.2 Å². The molecule has 0 aromatic rings. The van der Waals surface area contributed by atoms with Crippen LogP contribution in [0.15, 0.2) is 0 Å². The lowest BCUT2D eigenvalue weighted by atomic mass is 10.0. The molecule has 1 aliphatic rings. The first kappa shape index (κ1) is 14.8. The fourth-order valence-electron chi connectivity index (χ4n) is 2.14. The van der Waals surface area contributed by atoms with Gasteiger partial charge in [0.1, 0.15) is 6.04 Å². The maximum Gasteiger partial charge on any atom is 0.326 e. The maximum atomic E-state index is 11.9. The summed E-state index contributed by atoms with van der Waals surface area (Å²) in [6, 6.07) is -0.891. The van der Waals surface area contributed by atoms with Crippen molar-refractivity contribution in [1.29, 1.82) is 0 Å². The van der Waals surface area contributed by atoms with Crippen LogP contribution >= 0.6 is 0 Å². The predicted octanol–water partition coefficient (Wildman–Crippen LogP) is 0.585. The van der Waals surface area contributed by atoms with Crippen molar-refractivity contribution in [3.63, 3.8) is 0 Å². The van der Waals surface area contributed by atoms with Crippen molar-refractivity contribution in [2.45, 2.75) is 38.3 Å². The van der Waals surface area contributed by atoms with E-state index in [4.69, 9.17) is 5.11 Å². The Kier molecular flexibility index (Phi) is 5.40. The fraction of sp³-hybridized carbons (Fsp3) is 0.833. The largest absolute Gasteiger partial charge is 0.480 e. The summed E-state index contributed by atoms with van der Waals surface area (Å²) >= 11 is 0. The minimum atomic E-state index is -0.984. The van der Waals surface area contributed by atoms with Crippen LogP contribution in [0.5, 0.6) is 0 Å². The van der Waals surface area contributed by atoms with Gasteiger partial charge in [0.25, 0.3) is 0 Å². The quantitative estimate of drug-likeness (QED) is 0.773. The molecule has 0 aromatic heterocycles. The molecule has 1 atom stereocenters. The van der Waals surface area contributed by atoms with Crippen LogP contribution in [0.25, 0.3) is 0 Å². The molecule has 0 bridgehead atoms. The Bertz CT molecular complexity index is 301. The molecule has 1 saturated heterocycles. The van der Waals surface area contributed by atoms with Gasteiger partial charge in [0.2, 0.25) is 0 Å². The van der Waals surface area contributed by atoms with Gasteiger partial charge in [-0.2, -0.15) is 0 Å². The number of hydrogen-bond acceptors (Lipinski definition) is 3. The second-order valence-electron chi connectivity index (χ2n) is 4.89. The predicted molar refractivity (Wildman–Crippen MR) is 68.5 cm³/mol. The van der Waals surface area contributed by atoms with Crippen molar-refractivity contribution in [2.24, 2.45) is 0 Å². The van der Waals surface area contributed by atoms with Gasteiger partial charge < -0.3 is 20.2 Å². The molecule has 0 radical (unpaired) electrons. The van der Waals surface area contributed by atoms with Crippen molar-refractivity contribution < 1.29 is 14.7 Å². The highest BCUT2D eigenvalue weighted by atomic mass is 16.4. The van der Waals surface area contributed by atoms with Crippen molar-refractivity contribution in [3.05, 3.63) is 0 Å². The first-order chi connectivity index (χ1) is 8.45.